The van der Waals surface area contributed by atoms with Crippen LogP contribution in [0.2, 0.25) is 0 Å². The number of hydrogen-bond donors (Lipinski definition) is 1. The molecule has 0 aliphatic carbocycles. The molecule has 0 radical (unpaired) electrons. The third-order valence-corrected chi connectivity index (χ3v) is 4.61. The molecule has 0 unspecified atom stereocenters. The second kappa shape index (κ2) is 7.08. The number of carbonyl (C=O) groups excluding carboxylic acids is 1. The van der Waals surface area contributed by atoms with Crippen LogP contribution in [0.5, 0.6) is 0 Å². The summed E-state index contributed by atoms with van der Waals surface area (Å²) in [5.41, 5.74) is 1.14. The van der Waals surface area contributed by atoms with Crippen LogP contribution in [-0.4, -0.2) is 37.5 Å². The van der Waals surface area contributed by atoms with Crippen molar-refractivity contribution in [2.75, 3.05) is 26.7 Å². The van der Waals surface area contributed by atoms with Gasteiger partial charge in [0.1, 0.15) is 0 Å². The Balaban J connectivity index is 1.90. The molecule has 1 N–H and O–H groups in total. The number of carbonyl (C=O) groups is 1. The second-order valence-corrected chi connectivity index (χ2v) is 6.81. The first kappa shape index (κ1) is 16.0. The largest absolute Gasteiger partial charge is 0.343 e. The minimum atomic E-state index is -0.0971. The molecule has 21 heavy (non-hydrogen) atoms. The third kappa shape index (κ3) is 4.31. The van der Waals surface area contributed by atoms with Gasteiger partial charge in [0.25, 0.3) is 0 Å². The fourth-order valence-electron chi connectivity index (χ4n) is 3.16. The van der Waals surface area contributed by atoms with Crippen molar-refractivity contribution in [2.45, 2.75) is 38.5 Å². The molecule has 0 spiro atoms. The molecule has 1 fully saturated rings. The van der Waals surface area contributed by atoms with E-state index in [0.29, 0.717) is 12.3 Å². The maximum atomic E-state index is 12.6. The highest BCUT2D eigenvalue weighted by atomic mass is 16.2. The SMILES string of the molecule is CNCC1CCN(C(=O)CC(C)(C)c2ccccc2)CC1. The molecule has 1 aromatic carbocycles. The molecule has 3 heteroatoms. The molecule has 0 bridgehead atoms. The highest BCUT2D eigenvalue weighted by Crippen LogP contribution is 2.28. The Hall–Kier alpha value is -1.35. The molecule has 1 heterocycles. The van der Waals surface area contributed by atoms with Gasteiger partial charge in [-0.25, -0.2) is 0 Å². The van der Waals surface area contributed by atoms with Crippen LogP contribution in [0.4, 0.5) is 0 Å². The monoisotopic (exact) mass is 288 g/mol. The maximum Gasteiger partial charge on any atom is 0.223 e. The van der Waals surface area contributed by atoms with Gasteiger partial charge in [-0.15, -0.1) is 0 Å². The number of likely N-dealkylation sites (tertiary alicyclic amines) is 1. The number of piperidine rings is 1. The Bertz CT molecular complexity index is 448. The molecule has 116 valence electrons. The predicted octanol–water partition coefficient (Wildman–Crippen LogP) is 2.81. The summed E-state index contributed by atoms with van der Waals surface area (Å²) in [7, 11) is 2.00. The minimum absolute atomic E-state index is 0.0971. The first-order valence-electron chi connectivity index (χ1n) is 8.01. The molecule has 1 aliphatic rings. The van der Waals surface area contributed by atoms with Gasteiger partial charge in [0.2, 0.25) is 5.91 Å². The van der Waals surface area contributed by atoms with Crippen LogP contribution in [0.15, 0.2) is 30.3 Å². The molecule has 0 atom stereocenters. The lowest BCUT2D eigenvalue weighted by Crippen LogP contribution is -2.42. The lowest BCUT2D eigenvalue weighted by atomic mass is 9.81. The molecular weight excluding hydrogens is 260 g/mol. The Morgan fingerprint density at radius 1 is 1.24 bits per heavy atom. The molecule has 0 aromatic heterocycles. The zero-order valence-corrected chi connectivity index (χ0v) is 13.6. The van der Waals surface area contributed by atoms with Gasteiger partial charge in [-0.3, -0.25) is 4.79 Å². The maximum absolute atomic E-state index is 12.6. The van der Waals surface area contributed by atoms with E-state index >= 15 is 0 Å². The van der Waals surface area contributed by atoms with Gasteiger partial charge in [-0.05, 0) is 43.3 Å². The van der Waals surface area contributed by atoms with Crippen molar-refractivity contribution >= 4 is 5.91 Å². The summed E-state index contributed by atoms with van der Waals surface area (Å²) in [5, 5.41) is 3.24. The Labute approximate surface area is 128 Å². The topological polar surface area (TPSA) is 32.3 Å². The summed E-state index contributed by atoms with van der Waals surface area (Å²) in [5.74, 6) is 1.02. The van der Waals surface area contributed by atoms with Gasteiger partial charge < -0.3 is 10.2 Å². The van der Waals surface area contributed by atoms with Gasteiger partial charge in [0.05, 0.1) is 0 Å². The van der Waals surface area contributed by atoms with Crippen molar-refractivity contribution in [3.05, 3.63) is 35.9 Å². The van der Waals surface area contributed by atoms with Crippen LogP contribution >= 0.6 is 0 Å². The highest BCUT2D eigenvalue weighted by molar-refractivity contribution is 5.77. The first-order chi connectivity index (χ1) is 10.0. The summed E-state index contributed by atoms with van der Waals surface area (Å²) in [4.78, 5) is 14.6. The third-order valence-electron chi connectivity index (χ3n) is 4.61. The van der Waals surface area contributed by atoms with E-state index in [-0.39, 0.29) is 5.41 Å². The lowest BCUT2D eigenvalue weighted by molar-refractivity contribution is -0.133. The van der Waals surface area contributed by atoms with Gasteiger partial charge in [-0.2, -0.15) is 0 Å². The molecule has 2 rings (SSSR count). The molecule has 1 amide bonds. The van der Waals surface area contributed by atoms with Crippen LogP contribution in [0.25, 0.3) is 0 Å². The molecule has 1 saturated heterocycles. The lowest BCUT2D eigenvalue weighted by Gasteiger charge is -2.34. The van der Waals surface area contributed by atoms with E-state index in [2.05, 4.69) is 36.2 Å². The molecule has 3 nitrogen and oxygen atoms in total. The quantitative estimate of drug-likeness (QED) is 0.903. The van der Waals surface area contributed by atoms with E-state index in [1.54, 1.807) is 0 Å². The number of rotatable bonds is 5. The summed E-state index contributed by atoms with van der Waals surface area (Å²) in [6.45, 7) is 7.21. The van der Waals surface area contributed by atoms with Crippen molar-refractivity contribution in [1.82, 2.24) is 10.2 Å². The zero-order valence-electron chi connectivity index (χ0n) is 13.6. The van der Waals surface area contributed by atoms with Crippen molar-refractivity contribution in [1.29, 1.82) is 0 Å². The average Bonchev–Trinajstić information content (AvgIpc) is 2.49. The fourth-order valence-corrected chi connectivity index (χ4v) is 3.16. The van der Waals surface area contributed by atoms with Gasteiger partial charge in [-0.1, -0.05) is 44.2 Å². The number of nitrogens with zero attached hydrogens (tertiary/aromatic N) is 1. The molecule has 0 saturated carbocycles. The Kier molecular flexibility index (Phi) is 5.40. The number of nitrogens with one attached hydrogen (secondary N) is 1. The molecule has 1 aromatic rings. The average molecular weight is 288 g/mol. The standard InChI is InChI=1S/C18H28N2O/c1-18(2,16-7-5-4-6-8-16)13-17(21)20-11-9-15(10-12-20)14-19-3/h4-8,15,19H,9-14H2,1-3H3. The normalized spacial score (nSPS) is 17.0. The Morgan fingerprint density at radius 2 is 1.86 bits per heavy atom. The molecule has 1 aliphatic heterocycles. The smallest absolute Gasteiger partial charge is 0.223 e. The van der Waals surface area contributed by atoms with Crippen LogP contribution < -0.4 is 5.32 Å². The minimum Gasteiger partial charge on any atom is -0.343 e. The van der Waals surface area contributed by atoms with E-state index in [1.165, 1.54) is 5.56 Å². The molecular formula is C18H28N2O. The van der Waals surface area contributed by atoms with Crippen LogP contribution in [0.3, 0.4) is 0 Å². The van der Waals surface area contributed by atoms with Crippen LogP contribution in [-0.2, 0) is 10.2 Å². The highest BCUT2D eigenvalue weighted by Gasteiger charge is 2.29. The number of benzene rings is 1. The summed E-state index contributed by atoms with van der Waals surface area (Å²) < 4.78 is 0. The van der Waals surface area contributed by atoms with E-state index in [1.807, 2.05) is 25.2 Å². The van der Waals surface area contributed by atoms with Crippen LogP contribution in [0.1, 0.15) is 38.7 Å². The fraction of sp³-hybridized carbons (Fsp3) is 0.611. The van der Waals surface area contributed by atoms with Gasteiger partial charge in [0.15, 0.2) is 0 Å². The summed E-state index contributed by atoms with van der Waals surface area (Å²) in [6, 6.07) is 10.3. The van der Waals surface area contributed by atoms with Crippen molar-refractivity contribution < 1.29 is 4.79 Å². The summed E-state index contributed by atoms with van der Waals surface area (Å²) in [6.07, 6.45) is 2.84. The van der Waals surface area contributed by atoms with E-state index in [0.717, 1.165) is 38.4 Å². The second-order valence-electron chi connectivity index (χ2n) is 6.81. The van der Waals surface area contributed by atoms with E-state index in [9.17, 15) is 4.79 Å². The van der Waals surface area contributed by atoms with Crippen molar-refractivity contribution in [3.63, 3.8) is 0 Å². The van der Waals surface area contributed by atoms with Gasteiger partial charge >= 0.3 is 0 Å². The van der Waals surface area contributed by atoms with Crippen molar-refractivity contribution in [3.8, 4) is 0 Å². The van der Waals surface area contributed by atoms with E-state index < -0.39 is 0 Å². The zero-order chi connectivity index (χ0) is 15.3. The predicted molar refractivity (Wildman–Crippen MR) is 87.3 cm³/mol. The first-order valence-corrected chi connectivity index (χ1v) is 8.01. The van der Waals surface area contributed by atoms with E-state index in [4.69, 9.17) is 0 Å². The number of amides is 1. The van der Waals surface area contributed by atoms with Crippen LogP contribution in [0, 0.1) is 5.92 Å². The Morgan fingerprint density at radius 3 is 2.43 bits per heavy atom. The number of hydrogen-bond acceptors (Lipinski definition) is 2. The van der Waals surface area contributed by atoms with Gasteiger partial charge in [0, 0.05) is 19.5 Å². The van der Waals surface area contributed by atoms with Crippen molar-refractivity contribution in [2.24, 2.45) is 5.92 Å². The summed E-state index contributed by atoms with van der Waals surface area (Å²) >= 11 is 0.